The molecule has 1 N–H and O–H groups in total. The number of aromatic nitrogens is 3. The minimum atomic E-state index is -4.92. The van der Waals surface area contributed by atoms with Crippen LogP contribution in [0.2, 0.25) is 5.02 Å². The number of H-pyrrole nitrogens is 1. The van der Waals surface area contributed by atoms with Crippen LogP contribution in [0.3, 0.4) is 0 Å². The van der Waals surface area contributed by atoms with Crippen molar-refractivity contribution >= 4 is 38.3 Å². The quantitative estimate of drug-likeness (QED) is 0.626. The van der Waals surface area contributed by atoms with E-state index in [9.17, 15) is 27.2 Å². The minimum absolute atomic E-state index is 0.0191. The fourth-order valence-corrected chi connectivity index (χ4v) is 4.56. The lowest BCUT2D eigenvalue weighted by Gasteiger charge is -2.12. The molecule has 0 saturated carbocycles. The third kappa shape index (κ3) is 3.08. The fourth-order valence-electron chi connectivity index (χ4n) is 3.10. The first kappa shape index (κ1) is 18.9. The predicted octanol–water partition coefficient (Wildman–Crippen LogP) is 3.55. The molecule has 0 unspecified atom stereocenters. The van der Waals surface area contributed by atoms with Crippen molar-refractivity contribution in [1.82, 2.24) is 14.5 Å². The van der Waals surface area contributed by atoms with Gasteiger partial charge in [0.1, 0.15) is 16.9 Å². The van der Waals surface area contributed by atoms with Crippen LogP contribution in [0.25, 0.3) is 15.9 Å². The van der Waals surface area contributed by atoms with E-state index < -0.39 is 34.6 Å². The molecule has 0 spiro atoms. The number of aromatic amines is 1. The SMILES string of the molecule is O=c1cc(C(F)(F)F)[nH]c(=O)n1-c1c(F)cc(Cl)c2nc(N3CCCC3)sc12. The Kier molecular flexibility index (Phi) is 4.46. The molecule has 1 saturated heterocycles. The minimum Gasteiger partial charge on any atom is -0.348 e. The molecular weight excluding hydrogens is 424 g/mol. The first-order valence-electron chi connectivity index (χ1n) is 8.14. The van der Waals surface area contributed by atoms with Crippen molar-refractivity contribution in [2.75, 3.05) is 18.0 Å². The first-order chi connectivity index (χ1) is 13.2. The van der Waals surface area contributed by atoms with Gasteiger partial charge in [-0.3, -0.25) is 4.79 Å². The molecule has 28 heavy (non-hydrogen) atoms. The number of halogens is 5. The fraction of sp³-hybridized carbons (Fsp3) is 0.312. The van der Waals surface area contributed by atoms with Crippen molar-refractivity contribution in [3.63, 3.8) is 0 Å². The summed E-state index contributed by atoms with van der Waals surface area (Å²) in [5.41, 5.74) is -4.52. The van der Waals surface area contributed by atoms with Gasteiger partial charge >= 0.3 is 11.9 Å². The topological polar surface area (TPSA) is 71.0 Å². The molecule has 2 aromatic heterocycles. The average Bonchev–Trinajstić information content (AvgIpc) is 3.25. The smallest absolute Gasteiger partial charge is 0.348 e. The molecule has 3 heterocycles. The molecule has 0 atom stereocenters. The lowest BCUT2D eigenvalue weighted by atomic mass is 10.2. The van der Waals surface area contributed by atoms with Crippen molar-refractivity contribution in [2.45, 2.75) is 19.0 Å². The number of rotatable bonds is 2. The first-order valence-corrected chi connectivity index (χ1v) is 9.33. The number of hydrogen-bond donors (Lipinski definition) is 1. The van der Waals surface area contributed by atoms with Crippen molar-refractivity contribution in [3.05, 3.63) is 49.5 Å². The number of nitrogens with zero attached hydrogens (tertiary/aromatic N) is 3. The predicted molar refractivity (Wildman–Crippen MR) is 97.3 cm³/mol. The average molecular weight is 435 g/mol. The molecule has 12 heteroatoms. The second-order valence-corrected chi connectivity index (χ2v) is 7.60. The van der Waals surface area contributed by atoms with Crippen LogP contribution in [0.4, 0.5) is 22.7 Å². The second kappa shape index (κ2) is 6.59. The van der Waals surface area contributed by atoms with Gasteiger partial charge in [-0.25, -0.2) is 18.7 Å². The molecule has 1 aliphatic rings. The Bertz CT molecular complexity index is 1160. The van der Waals surface area contributed by atoms with Gasteiger partial charge in [0.2, 0.25) is 0 Å². The van der Waals surface area contributed by atoms with Crippen molar-refractivity contribution in [1.29, 1.82) is 0 Å². The monoisotopic (exact) mass is 434 g/mol. The van der Waals surface area contributed by atoms with Gasteiger partial charge in [-0.05, 0) is 18.9 Å². The van der Waals surface area contributed by atoms with Gasteiger partial charge in [0.05, 0.1) is 9.72 Å². The maximum Gasteiger partial charge on any atom is 0.431 e. The summed E-state index contributed by atoms with van der Waals surface area (Å²) < 4.78 is 53.6. The van der Waals surface area contributed by atoms with E-state index in [1.807, 2.05) is 4.90 Å². The second-order valence-electron chi connectivity index (χ2n) is 6.22. The zero-order chi connectivity index (χ0) is 20.2. The molecule has 1 fully saturated rings. The van der Waals surface area contributed by atoms with Crippen molar-refractivity contribution < 1.29 is 17.6 Å². The number of fused-ring (bicyclic) bond motifs is 1. The summed E-state index contributed by atoms with van der Waals surface area (Å²) in [5.74, 6) is -1.01. The van der Waals surface area contributed by atoms with E-state index in [4.69, 9.17) is 11.6 Å². The third-order valence-electron chi connectivity index (χ3n) is 4.38. The number of nitrogens with one attached hydrogen (secondary N) is 1. The van der Waals surface area contributed by atoms with Gasteiger partial charge in [-0.15, -0.1) is 0 Å². The van der Waals surface area contributed by atoms with Gasteiger partial charge in [0.15, 0.2) is 10.9 Å². The number of anilines is 1. The number of benzene rings is 1. The van der Waals surface area contributed by atoms with E-state index in [-0.39, 0.29) is 21.3 Å². The summed E-state index contributed by atoms with van der Waals surface area (Å²) in [6.07, 6.45) is -3.00. The summed E-state index contributed by atoms with van der Waals surface area (Å²) >= 11 is 7.10. The van der Waals surface area contributed by atoms with E-state index in [1.54, 1.807) is 4.98 Å². The van der Waals surface area contributed by atoms with Crippen LogP contribution in [0, 0.1) is 5.82 Å². The Morgan fingerprint density at radius 1 is 1.18 bits per heavy atom. The molecule has 3 aromatic rings. The Morgan fingerprint density at radius 2 is 1.86 bits per heavy atom. The zero-order valence-corrected chi connectivity index (χ0v) is 15.5. The van der Waals surface area contributed by atoms with Crippen LogP contribution in [-0.4, -0.2) is 27.6 Å². The van der Waals surface area contributed by atoms with Crippen LogP contribution >= 0.6 is 22.9 Å². The largest absolute Gasteiger partial charge is 0.431 e. The van der Waals surface area contributed by atoms with Crippen LogP contribution in [0.5, 0.6) is 0 Å². The maximum absolute atomic E-state index is 14.7. The van der Waals surface area contributed by atoms with Gasteiger partial charge in [-0.1, -0.05) is 22.9 Å². The Labute approximate surface area is 163 Å². The van der Waals surface area contributed by atoms with Gasteiger partial charge in [-0.2, -0.15) is 13.2 Å². The molecule has 1 aliphatic heterocycles. The van der Waals surface area contributed by atoms with E-state index in [0.717, 1.165) is 43.3 Å². The molecule has 0 bridgehead atoms. The van der Waals surface area contributed by atoms with E-state index >= 15 is 0 Å². The van der Waals surface area contributed by atoms with E-state index in [2.05, 4.69) is 4.98 Å². The standard InChI is InChI=1S/C16H11ClF4N4O2S/c17-7-5-8(18)12(13-11(7)23-15(28-13)24-3-1-2-4-24)25-10(26)6-9(16(19,20)21)22-14(25)27/h5-6H,1-4H2,(H,22,27). The van der Waals surface area contributed by atoms with Gasteiger partial charge < -0.3 is 9.88 Å². The molecule has 4 rings (SSSR count). The van der Waals surface area contributed by atoms with Crippen LogP contribution in [0.15, 0.2) is 21.7 Å². The summed E-state index contributed by atoms with van der Waals surface area (Å²) in [6.45, 7) is 1.49. The summed E-state index contributed by atoms with van der Waals surface area (Å²) in [6, 6.07) is 1.10. The van der Waals surface area contributed by atoms with Crippen molar-refractivity contribution in [2.24, 2.45) is 0 Å². The number of hydrogen-bond acceptors (Lipinski definition) is 5. The van der Waals surface area contributed by atoms with E-state index in [1.165, 1.54) is 0 Å². The zero-order valence-electron chi connectivity index (χ0n) is 13.9. The van der Waals surface area contributed by atoms with Gasteiger partial charge in [0.25, 0.3) is 5.56 Å². The Morgan fingerprint density at radius 3 is 2.46 bits per heavy atom. The molecule has 6 nitrogen and oxygen atoms in total. The van der Waals surface area contributed by atoms with E-state index in [0.29, 0.717) is 9.70 Å². The molecule has 1 aromatic carbocycles. The van der Waals surface area contributed by atoms with Crippen LogP contribution < -0.4 is 16.1 Å². The summed E-state index contributed by atoms with van der Waals surface area (Å²) in [4.78, 5) is 32.4. The summed E-state index contributed by atoms with van der Waals surface area (Å²) in [5, 5.41) is 0.520. The normalized spacial score (nSPS) is 15.0. The summed E-state index contributed by atoms with van der Waals surface area (Å²) in [7, 11) is 0. The molecule has 0 amide bonds. The maximum atomic E-state index is 14.7. The third-order valence-corrected chi connectivity index (χ3v) is 5.79. The highest BCUT2D eigenvalue weighted by Gasteiger charge is 2.33. The van der Waals surface area contributed by atoms with Crippen LogP contribution in [0.1, 0.15) is 18.5 Å². The molecule has 0 radical (unpaired) electrons. The molecular formula is C16H11ClF4N4O2S. The van der Waals surface area contributed by atoms with Gasteiger partial charge in [0, 0.05) is 19.2 Å². The Balaban J connectivity index is 1.99. The lowest BCUT2D eigenvalue weighted by Crippen LogP contribution is -2.36. The highest BCUT2D eigenvalue weighted by Crippen LogP contribution is 2.38. The molecule has 0 aliphatic carbocycles. The van der Waals surface area contributed by atoms with Crippen molar-refractivity contribution in [3.8, 4) is 5.69 Å². The number of thiazole rings is 1. The number of alkyl halides is 3. The van der Waals surface area contributed by atoms with Crippen LogP contribution in [-0.2, 0) is 6.18 Å². The highest BCUT2D eigenvalue weighted by atomic mass is 35.5. The lowest BCUT2D eigenvalue weighted by molar-refractivity contribution is -0.141. The highest BCUT2D eigenvalue weighted by molar-refractivity contribution is 7.22. The molecule has 148 valence electrons. The Hall–Kier alpha value is -2.40.